The van der Waals surface area contributed by atoms with Gasteiger partial charge in [-0.3, -0.25) is 4.79 Å². The molecule has 0 aliphatic carbocycles. The lowest BCUT2D eigenvalue weighted by Crippen LogP contribution is -2.48. The predicted molar refractivity (Wildman–Crippen MR) is 86.3 cm³/mol. The van der Waals surface area contributed by atoms with E-state index in [9.17, 15) is 23.5 Å². The molecule has 0 unspecified atom stereocenters. The van der Waals surface area contributed by atoms with Crippen LogP contribution in [0.15, 0.2) is 12.1 Å². The highest BCUT2D eigenvalue weighted by Gasteiger charge is 2.29. The Morgan fingerprint density at radius 1 is 1.24 bits per heavy atom. The van der Waals surface area contributed by atoms with Crippen LogP contribution in [0.4, 0.5) is 13.6 Å². The highest BCUT2D eigenvalue weighted by atomic mass is 19.1. The van der Waals surface area contributed by atoms with E-state index >= 15 is 0 Å². The van der Waals surface area contributed by atoms with Gasteiger partial charge >= 0.3 is 6.09 Å². The van der Waals surface area contributed by atoms with Crippen molar-refractivity contribution in [2.45, 2.75) is 45.3 Å². The molecule has 0 radical (unpaired) electrons. The lowest BCUT2D eigenvalue weighted by atomic mass is 10.0. The van der Waals surface area contributed by atoms with Crippen LogP contribution in [-0.4, -0.2) is 46.7 Å². The van der Waals surface area contributed by atoms with Gasteiger partial charge in [-0.05, 0) is 45.7 Å². The molecule has 0 atom stereocenters. The van der Waals surface area contributed by atoms with Crippen molar-refractivity contribution < 1.29 is 28.2 Å². The van der Waals surface area contributed by atoms with Gasteiger partial charge < -0.3 is 20.1 Å². The summed E-state index contributed by atoms with van der Waals surface area (Å²) in [6.07, 6.45) is 0.447. The smallest absolute Gasteiger partial charge is 0.410 e. The molecule has 25 heavy (non-hydrogen) atoms. The molecule has 0 spiro atoms. The first kappa shape index (κ1) is 19.0. The number of rotatable bonds is 2. The maximum atomic E-state index is 13.8. The maximum Gasteiger partial charge on any atom is 0.410 e. The first-order chi connectivity index (χ1) is 11.6. The van der Waals surface area contributed by atoms with Crippen molar-refractivity contribution in [2.24, 2.45) is 0 Å². The zero-order valence-corrected chi connectivity index (χ0v) is 14.4. The fraction of sp³-hybridized carbons (Fsp3) is 0.529. The standard InChI is InChI=1S/C17H22F2N2O4/c1-17(2,3)25-16(24)21-8-6-10(7-9-21)20-15(23)13-11(18)4-5-12(22)14(13)19/h4-5,10,22H,6-9H2,1-3H3,(H,20,23). The van der Waals surface area contributed by atoms with E-state index in [2.05, 4.69) is 5.32 Å². The molecule has 8 heteroatoms. The molecular weight excluding hydrogens is 334 g/mol. The van der Waals surface area contributed by atoms with Crippen LogP contribution in [-0.2, 0) is 4.74 Å². The van der Waals surface area contributed by atoms with Gasteiger partial charge in [-0.1, -0.05) is 0 Å². The van der Waals surface area contributed by atoms with Gasteiger partial charge in [0.2, 0.25) is 0 Å². The number of carbonyl (C=O) groups is 2. The summed E-state index contributed by atoms with van der Waals surface area (Å²) in [4.78, 5) is 25.6. The van der Waals surface area contributed by atoms with E-state index in [1.54, 1.807) is 20.8 Å². The Hall–Kier alpha value is -2.38. The van der Waals surface area contributed by atoms with E-state index in [1.807, 2.05) is 0 Å². The quantitative estimate of drug-likeness (QED) is 0.854. The average molecular weight is 356 g/mol. The van der Waals surface area contributed by atoms with Crippen LogP contribution in [0.25, 0.3) is 0 Å². The molecule has 1 saturated heterocycles. The topological polar surface area (TPSA) is 78.9 Å². The van der Waals surface area contributed by atoms with Crippen molar-refractivity contribution in [2.75, 3.05) is 13.1 Å². The number of hydrogen-bond donors (Lipinski definition) is 2. The lowest BCUT2D eigenvalue weighted by molar-refractivity contribution is 0.0199. The number of amides is 2. The van der Waals surface area contributed by atoms with Crippen LogP contribution in [0.2, 0.25) is 0 Å². The number of carbonyl (C=O) groups excluding carboxylic acids is 2. The van der Waals surface area contributed by atoms with E-state index in [-0.39, 0.29) is 6.04 Å². The van der Waals surface area contributed by atoms with Gasteiger partial charge in [0.25, 0.3) is 5.91 Å². The normalized spacial score (nSPS) is 15.8. The van der Waals surface area contributed by atoms with E-state index < -0.39 is 40.5 Å². The first-order valence-corrected chi connectivity index (χ1v) is 8.04. The van der Waals surface area contributed by atoms with Crippen LogP contribution in [0.3, 0.4) is 0 Å². The number of aromatic hydroxyl groups is 1. The maximum absolute atomic E-state index is 13.8. The molecule has 1 aliphatic heterocycles. The Morgan fingerprint density at radius 2 is 1.84 bits per heavy atom. The van der Waals surface area contributed by atoms with Gasteiger partial charge in [-0.15, -0.1) is 0 Å². The minimum Gasteiger partial charge on any atom is -0.505 e. The van der Waals surface area contributed by atoms with E-state index in [0.717, 1.165) is 12.1 Å². The van der Waals surface area contributed by atoms with Crippen molar-refractivity contribution in [3.05, 3.63) is 29.3 Å². The van der Waals surface area contributed by atoms with Crippen molar-refractivity contribution in [1.82, 2.24) is 10.2 Å². The number of nitrogens with zero attached hydrogens (tertiary/aromatic N) is 1. The lowest BCUT2D eigenvalue weighted by Gasteiger charge is -2.33. The molecule has 1 aromatic rings. The number of ether oxygens (including phenoxy) is 1. The second-order valence-corrected chi connectivity index (χ2v) is 6.97. The van der Waals surface area contributed by atoms with Crippen molar-refractivity contribution in [3.8, 4) is 5.75 Å². The number of phenolic OH excluding ortho intramolecular Hbond substituents is 1. The Labute approximate surface area is 144 Å². The van der Waals surface area contributed by atoms with E-state index in [4.69, 9.17) is 4.74 Å². The molecule has 0 aromatic heterocycles. The largest absolute Gasteiger partial charge is 0.505 e. The number of benzene rings is 1. The van der Waals surface area contributed by atoms with Gasteiger partial charge in [0.1, 0.15) is 17.0 Å². The zero-order chi connectivity index (χ0) is 18.8. The van der Waals surface area contributed by atoms with Gasteiger partial charge in [0, 0.05) is 19.1 Å². The van der Waals surface area contributed by atoms with Gasteiger partial charge in [-0.2, -0.15) is 0 Å². The van der Waals surface area contributed by atoms with Crippen LogP contribution >= 0.6 is 0 Å². The van der Waals surface area contributed by atoms with Crippen molar-refractivity contribution >= 4 is 12.0 Å². The molecule has 1 heterocycles. The Balaban J connectivity index is 1.93. The molecule has 0 saturated carbocycles. The summed E-state index contributed by atoms with van der Waals surface area (Å²) in [5.41, 5.74) is -1.40. The molecule has 2 rings (SSSR count). The summed E-state index contributed by atoms with van der Waals surface area (Å²) in [7, 11) is 0. The minimum atomic E-state index is -1.29. The second kappa shape index (κ2) is 7.25. The van der Waals surface area contributed by atoms with Gasteiger partial charge in [-0.25, -0.2) is 13.6 Å². The third-order valence-electron chi connectivity index (χ3n) is 3.78. The number of piperidine rings is 1. The molecule has 138 valence electrons. The Morgan fingerprint density at radius 3 is 2.40 bits per heavy atom. The SMILES string of the molecule is CC(C)(C)OC(=O)N1CCC(NC(=O)c2c(F)ccc(O)c2F)CC1. The number of hydrogen-bond acceptors (Lipinski definition) is 4. The highest BCUT2D eigenvalue weighted by Crippen LogP contribution is 2.22. The summed E-state index contributed by atoms with van der Waals surface area (Å²) >= 11 is 0. The zero-order valence-electron chi connectivity index (χ0n) is 14.4. The monoisotopic (exact) mass is 356 g/mol. The van der Waals surface area contributed by atoms with Gasteiger partial charge in [0.05, 0.1) is 0 Å². The number of halogens is 2. The second-order valence-electron chi connectivity index (χ2n) is 6.97. The molecule has 6 nitrogen and oxygen atoms in total. The van der Waals surface area contributed by atoms with Crippen LogP contribution in [0, 0.1) is 11.6 Å². The third kappa shape index (κ3) is 4.80. The molecule has 2 amide bonds. The van der Waals surface area contributed by atoms with Crippen LogP contribution in [0.1, 0.15) is 44.0 Å². The molecule has 1 aromatic carbocycles. The molecule has 1 fully saturated rings. The summed E-state index contributed by atoms with van der Waals surface area (Å²) < 4.78 is 32.7. The number of nitrogens with one attached hydrogen (secondary N) is 1. The Kier molecular flexibility index (Phi) is 5.49. The van der Waals surface area contributed by atoms with Crippen molar-refractivity contribution in [3.63, 3.8) is 0 Å². The highest BCUT2D eigenvalue weighted by molar-refractivity contribution is 5.95. The first-order valence-electron chi connectivity index (χ1n) is 8.04. The van der Waals surface area contributed by atoms with Crippen LogP contribution < -0.4 is 5.32 Å². The summed E-state index contributed by atoms with van der Waals surface area (Å²) in [6, 6.07) is 1.35. The summed E-state index contributed by atoms with van der Waals surface area (Å²) in [5, 5.41) is 11.8. The summed E-state index contributed by atoms with van der Waals surface area (Å²) in [6.45, 7) is 6.05. The average Bonchev–Trinajstić information content (AvgIpc) is 2.50. The third-order valence-corrected chi connectivity index (χ3v) is 3.78. The summed E-state index contributed by atoms with van der Waals surface area (Å²) in [5.74, 6) is -4.05. The van der Waals surface area contributed by atoms with E-state index in [0.29, 0.717) is 25.9 Å². The number of phenols is 1. The van der Waals surface area contributed by atoms with Crippen LogP contribution in [0.5, 0.6) is 5.75 Å². The fourth-order valence-electron chi connectivity index (χ4n) is 2.54. The molecule has 0 bridgehead atoms. The van der Waals surface area contributed by atoms with E-state index in [1.165, 1.54) is 4.90 Å². The Bertz CT molecular complexity index is 665. The van der Waals surface area contributed by atoms with Crippen molar-refractivity contribution in [1.29, 1.82) is 0 Å². The fourth-order valence-corrected chi connectivity index (χ4v) is 2.54. The molecule has 1 aliphatic rings. The molecule has 2 N–H and O–H groups in total. The minimum absolute atomic E-state index is 0.327. The van der Waals surface area contributed by atoms with Gasteiger partial charge in [0.15, 0.2) is 11.6 Å². The molecular formula is C17H22F2N2O4. The number of likely N-dealkylation sites (tertiary alicyclic amines) is 1. The predicted octanol–water partition coefficient (Wildman–Crippen LogP) is 2.80.